The number of pyridine rings is 1. The molecule has 0 aliphatic carbocycles. The van der Waals surface area contributed by atoms with Gasteiger partial charge in [-0.3, -0.25) is 4.98 Å². The Morgan fingerprint density at radius 3 is 2.81 bits per heavy atom. The zero-order valence-corrected chi connectivity index (χ0v) is 8.67. The van der Waals surface area contributed by atoms with Gasteiger partial charge in [0.25, 0.3) is 0 Å². The number of benzene rings is 1. The average molecular weight is 209 g/mol. The molecule has 16 heavy (non-hydrogen) atoms. The van der Waals surface area contributed by atoms with Gasteiger partial charge >= 0.3 is 0 Å². The number of nitrogen functional groups attached to an aromatic ring is 1. The molecule has 0 saturated carbocycles. The van der Waals surface area contributed by atoms with Crippen molar-refractivity contribution >= 4 is 16.6 Å². The fourth-order valence-electron chi connectivity index (χ4n) is 1.91. The van der Waals surface area contributed by atoms with Gasteiger partial charge in [-0.15, -0.1) is 0 Å². The first-order chi connectivity index (χ1) is 7.86. The Labute approximate surface area is 93.1 Å². The molecule has 0 saturated heterocycles. The predicted molar refractivity (Wildman–Crippen MR) is 65.5 cm³/mol. The largest absolute Gasteiger partial charge is 0.396 e. The van der Waals surface area contributed by atoms with Gasteiger partial charge in [-0.2, -0.15) is 0 Å². The van der Waals surface area contributed by atoms with Crippen molar-refractivity contribution in [1.29, 1.82) is 0 Å². The van der Waals surface area contributed by atoms with Gasteiger partial charge in [0.15, 0.2) is 0 Å². The number of aromatic nitrogens is 2. The number of anilines is 1. The van der Waals surface area contributed by atoms with Crippen molar-refractivity contribution in [2.24, 2.45) is 0 Å². The van der Waals surface area contributed by atoms with Crippen LogP contribution in [0.1, 0.15) is 0 Å². The van der Waals surface area contributed by atoms with Gasteiger partial charge in [0.2, 0.25) is 0 Å². The number of nitrogens with zero attached hydrogens (tertiary/aromatic N) is 2. The topological polar surface area (TPSA) is 43.8 Å². The third-order valence-electron chi connectivity index (χ3n) is 2.69. The third-order valence-corrected chi connectivity index (χ3v) is 2.69. The Morgan fingerprint density at radius 2 is 1.94 bits per heavy atom. The molecule has 2 aromatic heterocycles. The molecule has 3 aromatic rings. The first-order valence-electron chi connectivity index (χ1n) is 5.12. The van der Waals surface area contributed by atoms with E-state index in [1.807, 2.05) is 24.4 Å². The lowest BCUT2D eigenvalue weighted by atomic mass is 10.2. The Bertz CT molecular complexity index is 640. The van der Waals surface area contributed by atoms with Crippen molar-refractivity contribution in [3.63, 3.8) is 0 Å². The van der Waals surface area contributed by atoms with E-state index in [1.54, 1.807) is 12.4 Å². The van der Waals surface area contributed by atoms with E-state index < -0.39 is 0 Å². The average Bonchev–Trinajstić information content (AvgIpc) is 2.74. The molecule has 0 fully saturated rings. The molecule has 0 atom stereocenters. The zero-order chi connectivity index (χ0) is 11.0. The van der Waals surface area contributed by atoms with Crippen LogP contribution in [0.4, 0.5) is 5.69 Å². The number of rotatable bonds is 1. The highest BCUT2D eigenvalue weighted by Crippen LogP contribution is 2.22. The summed E-state index contributed by atoms with van der Waals surface area (Å²) < 4.78 is 2.08. The normalized spacial score (nSPS) is 10.8. The van der Waals surface area contributed by atoms with E-state index in [2.05, 4.69) is 27.8 Å². The van der Waals surface area contributed by atoms with Gasteiger partial charge in [-0.05, 0) is 23.6 Å². The molecule has 3 rings (SSSR count). The van der Waals surface area contributed by atoms with Crippen LogP contribution < -0.4 is 5.73 Å². The quantitative estimate of drug-likeness (QED) is 0.669. The summed E-state index contributed by atoms with van der Waals surface area (Å²) in [6, 6.07) is 12.2. The van der Waals surface area contributed by atoms with Gasteiger partial charge in [-0.25, -0.2) is 0 Å². The molecule has 2 N–H and O–H groups in total. The summed E-state index contributed by atoms with van der Waals surface area (Å²) in [6.45, 7) is 0. The molecule has 3 nitrogen and oxygen atoms in total. The van der Waals surface area contributed by atoms with Gasteiger partial charge < -0.3 is 10.3 Å². The molecule has 0 amide bonds. The lowest BCUT2D eigenvalue weighted by Crippen LogP contribution is -1.98. The monoisotopic (exact) mass is 209 g/mol. The molecule has 0 aliphatic heterocycles. The van der Waals surface area contributed by atoms with Gasteiger partial charge in [0.05, 0.1) is 23.1 Å². The fourth-order valence-corrected chi connectivity index (χ4v) is 1.91. The van der Waals surface area contributed by atoms with E-state index >= 15 is 0 Å². The van der Waals surface area contributed by atoms with Crippen molar-refractivity contribution in [2.75, 3.05) is 5.73 Å². The Morgan fingerprint density at radius 1 is 1.06 bits per heavy atom. The van der Waals surface area contributed by atoms with E-state index in [4.69, 9.17) is 5.73 Å². The van der Waals surface area contributed by atoms with Gasteiger partial charge in [-0.1, -0.05) is 18.2 Å². The summed E-state index contributed by atoms with van der Waals surface area (Å²) in [7, 11) is 0. The number of hydrogen-bond donors (Lipinski definition) is 1. The highest BCUT2D eigenvalue weighted by Gasteiger charge is 2.04. The van der Waals surface area contributed by atoms with Crippen LogP contribution in [0.5, 0.6) is 0 Å². The maximum Gasteiger partial charge on any atom is 0.0745 e. The van der Waals surface area contributed by atoms with Crippen LogP contribution in [0.2, 0.25) is 0 Å². The van der Waals surface area contributed by atoms with Crippen LogP contribution in [0.15, 0.2) is 55.0 Å². The summed E-state index contributed by atoms with van der Waals surface area (Å²) in [4.78, 5) is 4.00. The molecule has 0 radical (unpaired) electrons. The lowest BCUT2D eigenvalue weighted by Gasteiger charge is -2.07. The van der Waals surface area contributed by atoms with Crippen LogP contribution in [-0.4, -0.2) is 9.55 Å². The summed E-state index contributed by atoms with van der Waals surface area (Å²) >= 11 is 0. The SMILES string of the molecule is Nc1cnccc1-n1ccc2ccccc21. The van der Waals surface area contributed by atoms with Crippen molar-refractivity contribution in [3.05, 3.63) is 55.0 Å². The van der Waals surface area contributed by atoms with Crippen LogP contribution in [-0.2, 0) is 0 Å². The fraction of sp³-hybridized carbons (Fsp3) is 0. The smallest absolute Gasteiger partial charge is 0.0745 e. The van der Waals surface area contributed by atoms with Gasteiger partial charge in [0.1, 0.15) is 0 Å². The second-order valence-electron chi connectivity index (χ2n) is 3.68. The number of nitrogens with two attached hydrogens (primary N) is 1. The lowest BCUT2D eigenvalue weighted by molar-refractivity contribution is 1.12. The minimum Gasteiger partial charge on any atom is -0.396 e. The van der Waals surface area contributed by atoms with E-state index in [1.165, 1.54) is 5.39 Å². The molecule has 0 bridgehead atoms. The van der Waals surface area contributed by atoms with Crippen LogP contribution in [0.25, 0.3) is 16.6 Å². The van der Waals surface area contributed by atoms with E-state index in [9.17, 15) is 0 Å². The number of fused-ring (bicyclic) bond motifs is 1. The Hall–Kier alpha value is -2.29. The molecule has 0 aliphatic rings. The number of hydrogen-bond acceptors (Lipinski definition) is 2. The molecule has 78 valence electrons. The summed E-state index contributed by atoms with van der Waals surface area (Å²) in [5.74, 6) is 0. The molecule has 0 spiro atoms. The molecular formula is C13H11N3. The van der Waals surface area contributed by atoms with Crippen molar-refractivity contribution in [1.82, 2.24) is 9.55 Å². The van der Waals surface area contributed by atoms with E-state index in [-0.39, 0.29) is 0 Å². The molecule has 3 heteroatoms. The van der Waals surface area contributed by atoms with Crippen molar-refractivity contribution < 1.29 is 0 Å². The Kier molecular flexibility index (Phi) is 1.90. The minimum atomic E-state index is 0.684. The van der Waals surface area contributed by atoms with E-state index in [0.717, 1.165) is 11.2 Å². The van der Waals surface area contributed by atoms with Crippen LogP contribution in [0, 0.1) is 0 Å². The zero-order valence-electron chi connectivity index (χ0n) is 8.67. The van der Waals surface area contributed by atoms with E-state index in [0.29, 0.717) is 5.69 Å². The first kappa shape index (κ1) is 8.97. The summed E-state index contributed by atoms with van der Waals surface area (Å²) in [6.07, 6.45) is 5.45. The standard InChI is InChI=1S/C13H11N3/c14-11-9-15-7-5-13(11)16-8-6-10-3-1-2-4-12(10)16/h1-9H,14H2. The van der Waals surface area contributed by atoms with Crippen LogP contribution in [0.3, 0.4) is 0 Å². The molecular weight excluding hydrogens is 198 g/mol. The molecule has 1 aromatic carbocycles. The maximum absolute atomic E-state index is 5.92. The van der Waals surface area contributed by atoms with Crippen LogP contribution >= 0.6 is 0 Å². The second kappa shape index (κ2) is 3.38. The third kappa shape index (κ3) is 1.26. The first-order valence-corrected chi connectivity index (χ1v) is 5.12. The summed E-state index contributed by atoms with van der Waals surface area (Å²) in [5, 5.41) is 1.21. The maximum atomic E-state index is 5.92. The predicted octanol–water partition coefficient (Wildman–Crippen LogP) is 2.61. The Balaban J connectivity index is 2.31. The second-order valence-corrected chi connectivity index (χ2v) is 3.68. The van der Waals surface area contributed by atoms with Crippen molar-refractivity contribution in [3.8, 4) is 5.69 Å². The molecule has 0 unspecified atom stereocenters. The summed E-state index contributed by atoms with van der Waals surface area (Å²) in [5.41, 5.74) is 8.73. The van der Waals surface area contributed by atoms with Gasteiger partial charge in [0, 0.05) is 12.4 Å². The highest BCUT2D eigenvalue weighted by molar-refractivity contribution is 5.82. The minimum absolute atomic E-state index is 0.684. The van der Waals surface area contributed by atoms with Crippen molar-refractivity contribution in [2.45, 2.75) is 0 Å². The highest BCUT2D eigenvalue weighted by atomic mass is 15.0. The number of para-hydroxylation sites is 1. The molecule has 2 heterocycles.